The van der Waals surface area contributed by atoms with Crippen molar-refractivity contribution in [3.05, 3.63) is 42.8 Å². The molecule has 18 heavy (non-hydrogen) atoms. The summed E-state index contributed by atoms with van der Waals surface area (Å²) in [6.07, 6.45) is 9.64. The molecule has 0 aliphatic carbocycles. The second-order valence-corrected chi connectivity index (χ2v) is 6.17. The Bertz CT molecular complexity index is 527. The van der Waals surface area contributed by atoms with Crippen LogP contribution in [0.25, 0.3) is 5.57 Å². The summed E-state index contributed by atoms with van der Waals surface area (Å²) >= 11 is 0. The lowest BCUT2D eigenvalue weighted by molar-refractivity contribution is 0.601. The Hall–Kier alpha value is -1.42. The highest BCUT2D eigenvalue weighted by atomic mass is 32.2. The van der Waals surface area contributed by atoms with Crippen LogP contribution in [0.2, 0.25) is 0 Å². The molecule has 0 radical (unpaired) electrons. The first-order valence-corrected chi connectivity index (χ1v) is 7.87. The molecule has 1 rings (SSSR count). The van der Waals surface area contributed by atoms with Crippen molar-refractivity contribution in [3.8, 4) is 0 Å². The van der Waals surface area contributed by atoms with Crippen LogP contribution in [0.4, 0.5) is 0 Å². The van der Waals surface area contributed by atoms with Crippen LogP contribution < -0.4 is 0 Å². The van der Waals surface area contributed by atoms with Gasteiger partial charge in [-0.15, -0.1) is 0 Å². The molecule has 0 spiro atoms. The Morgan fingerprint density at radius 2 is 2.17 bits per heavy atom. The Morgan fingerprint density at radius 1 is 1.44 bits per heavy atom. The third-order valence-corrected chi connectivity index (χ3v) is 3.70. The second-order valence-electron chi connectivity index (χ2n) is 4.16. The van der Waals surface area contributed by atoms with Gasteiger partial charge in [-0.1, -0.05) is 38.5 Å². The number of allylic oxidation sites excluding steroid dienone is 3. The highest BCUT2D eigenvalue weighted by Crippen LogP contribution is 2.16. The minimum absolute atomic E-state index is 0.239. The van der Waals surface area contributed by atoms with E-state index in [2.05, 4.69) is 24.6 Å². The lowest BCUT2D eigenvalue weighted by atomic mass is 10.1. The van der Waals surface area contributed by atoms with Gasteiger partial charge >= 0.3 is 0 Å². The van der Waals surface area contributed by atoms with E-state index in [4.69, 9.17) is 0 Å². The molecule has 0 saturated heterocycles. The zero-order valence-corrected chi connectivity index (χ0v) is 11.7. The van der Waals surface area contributed by atoms with Gasteiger partial charge in [0.15, 0.2) is 9.84 Å². The van der Waals surface area contributed by atoms with E-state index >= 15 is 0 Å². The maximum absolute atomic E-state index is 11.3. The van der Waals surface area contributed by atoms with Crippen molar-refractivity contribution in [2.24, 2.45) is 0 Å². The van der Waals surface area contributed by atoms with E-state index < -0.39 is 9.84 Å². The summed E-state index contributed by atoms with van der Waals surface area (Å²) in [5.74, 6) is 0. The zero-order valence-electron chi connectivity index (χ0n) is 10.9. The van der Waals surface area contributed by atoms with Gasteiger partial charge in [0.25, 0.3) is 0 Å². The van der Waals surface area contributed by atoms with Crippen LogP contribution in [-0.2, 0) is 9.84 Å². The number of aromatic nitrogens is 1. The molecule has 3 nitrogen and oxygen atoms in total. The van der Waals surface area contributed by atoms with Crippen molar-refractivity contribution >= 4 is 15.4 Å². The molecule has 0 saturated carbocycles. The summed E-state index contributed by atoms with van der Waals surface area (Å²) < 4.78 is 22.6. The number of sulfone groups is 1. The van der Waals surface area contributed by atoms with Gasteiger partial charge in [0, 0.05) is 12.5 Å². The van der Waals surface area contributed by atoms with Gasteiger partial charge in [-0.3, -0.25) is 4.98 Å². The fourth-order valence-corrected chi connectivity index (χ4v) is 2.08. The van der Waals surface area contributed by atoms with Gasteiger partial charge in [0.2, 0.25) is 0 Å². The van der Waals surface area contributed by atoms with E-state index in [1.54, 1.807) is 18.2 Å². The lowest BCUT2D eigenvalue weighted by Crippen LogP contribution is -1.98. The van der Waals surface area contributed by atoms with E-state index in [-0.39, 0.29) is 4.90 Å². The number of hydrogen-bond acceptors (Lipinski definition) is 3. The summed E-state index contributed by atoms with van der Waals surface area (Å²) in [7, 11) is -3.18. The molecule has 4 heteroatoms. The molecule has 1 aromatic heterocycles. The Kier molecular flexibility index (Phi) is 5.28. The number of pyridine rings is 1. The fourth-order valence-electron chi connectivity index (χ4n) is 1.52. The molecule has 0 atom stereocenters. The molecule has 0 aromatic carbocycles. The third-order valence-electron chi connectivity index (χ3n) is 2.60. The van der Waals surface area contributed by atoms with E-state index in [1.807, 2.05) is 0 Å². The smallest absolute Gasteiger partial charge is 0.177 e. The molecule has 0 aliphatic heterocycles. The minimum Gasteiger partial charge on any atom is -0.255 e. The van der Waals surface area contributed by atoms with Crippen molar-refractivity contribution < 1.29 is 8.42 Å². The molecule has 98 valence electrons. The molecule has 0 N–H and O–H groups in total. The summed E-state index contributed by atoms with van der Waals surface area (Å²) in [5.41, 5.74) is 1.71. The maximum Gasteiger partial charge on any atom is 0.177 e. The first-order valence-electron chi connectivity index (χ1n) is 5.98. The Morgan fingerprint density at radius 3 is 2.61 bits per heavy atom. The van der Waals surface area contributed by atoms with Crippen LogP contribution in [0.3, 0.4) is 0 Å². The van der Waals surface area contributed by atoms with Crippen LogP contribution in [0.15, 0.2) is 42.0 Å². The summed E-state index contributed by atoms with van der Waals surface area (Å²) in [6.45, 7) is 5.90. The third kappa shape index (κ3) is 4.11. The molecule has 1 aromatic rings. The Labute approximate surface area is 109 Å². The quantitative estimate of drug-likeness (QED) is 0.586. The predicted molar refractivity (Wildman–Crippen MR) is 75.0 cm³/mol. The van der Waals surface area contributed by atoms with Crippen molar-refractivity contribution in [2.75, 3.05) is 6.26 Å². The highest BCUT2D eigenvalue weighted by molar-refractivity contribution is 7.90. The molecule has 0 fully saturated rings. The lowest BCUT2D eigenvalue weighted by Gasteiger charge is -2.03. The first-order chi connectivity index (χ1) is 8.49. The number of hydrogen-bond donors (Lipinski definition) is 0. The van der Waals surface area contributed by atoms with Crippen molar-refractivity contribution in [1.82, 2.24) is 4.98 Å². The van der Waals surface area contributed by atoms with E-state index in [0.717, 1.165) is 30.5 Å². The molecule has 0 amide bonds. The number of rotatable bonds is 6. The first kappa shape index (κ1) is 14.6. The van der Waals surface area contributed by atoms with Gasteiger partial charge in [-0.25, -0.2) is 8.42 Å². The van der Waals surface area contributed by atoms with Gasteiger partial charge in [0.05, 0.1) is 10.6 Å². The van der Waals surface area contributed by atoms with Gasteiger partial charge in [0.1, 0.15) is 0 Å². The van der Waals surface area contributed by atoms with E-state index in [1.165, 1.54) is 12.5 Å². The molecular formula is C14H19NO2S. The largest absolute Gasteiger partial charge is 0.255 e. The maximum atomic E-state index is 11.3. The zero-order chi connectivity index (χ0) is 13.6. The number of unbranched alkanes of at least 4 members (excludes halogenated alkanes) is 2. The van der Waals surface area contributed by atoms with Gasteiger partial charge in [-0.05, 0) is 24.1 Å². The topological polar surface area (TPSA) is 47.0 Å². The molecule has 1 heterocycles. The highest BCUT2D eigenvalue weighted by Gasteiger charge is 2.07. The summed E-state index contributed by atoms with van der Waals surface area (Å²) in [6, 6.07) is 3.30. The standard InChI is InChI=1S/C14H19NO2S/c1-4-6-7-8-12(5-2)14-10-9-13(11-15-14)18(3,16)17/h5,8-11H,2,4,6-7H2,1,3H3/b12-8-. The second kappa shape index (κ2) is 6.50. The van der Waals surface area contributed by atoms with Gasteiger partial charge in [-0.2, -0.15) is 0 Å². The van der Waals surface area contributed by atoms with Crippen molar-refractivity contribution in [1.29, 1.82) is 0 Å². The van der Waals surface area contributed by atoms with Crippen LogP contribution >= 0.6 is 0 Å². The average molecular weight is 265 g/mol. The van der Waals surface area contributed by atoms with Crippen LogP contribution in [0.1, 0.15) is 31.9 Å². The molecule has 0 aliphatic rings. The molecule has 0 unspecified atom stereocenters. The van der Waals surface area contributed by atoms with Crippen LogP contribution in [0.5, 0.6) is 0 Å². The van der Waals surface area contributed by atoms with Crippen molar-refractivity contribution in [2.45, 2.75) is 31.1 Å². The van der Waals surface area contributed by atoms with Gasteiger partial charge < -0.3 is 0 Å². The minimum atomic E-state index is -3.18. The normalized spacial score (nSPS) is 12.4. The predicted octanol–water partition coefficient (Wildman–Crippen LogP) is 3.24. The fraction of sp³-hybridized carbons (Fsp3) is 0.357. The van der Waals surface area contributed by atoms with Crippen molar-refractivity contribution in [3.63, 3.8) is 0 Å². The summed E-state index contributed by atoms with van der Waals surface area (Å²) in [5, 5.41) is 0. The molecular weight excluding hydrogens is 246 g/mol. The van der Waals surface area contributed by atoms with E-state index in [9.17, 15) is 8.42 Å². The summed E-state index contributed by atoms with van der Waals surface area (Å²) in [4.78, 5) is 4.42. The Balaban J connectivity index is 2.96. The molecule has 0 bridgehead atoms. The monoisotopic (exact) mass is 265 g/mol. The SMILES string of the molecule is C=C/C(=C/CCCC)c1ccc(S(C)(=O)=O)cn1. The van der Waals surface area contributed by atoms with Crippen LogP contribution in [0, 0.1) is 0 Å². The average Bonchev–Trinajstić information content (AvgIpc) is 2.34. The van der Waals surface area contributed by atoms with Crippen LogP contribution in [-0.4, -0.2) is 19.7 Å². The number of nitrogens with zero attached hydrogens (tertiary/aromatic N) is 1. The van der Waals surface area contributed by atoms with E-state index in [0.29, 0.717) is 0 Å².